The number of ketones is 3. The van der Waals surface area contributed by atoms with Gasteiger partial charge in [-0.05, 0) is 181 Å². The SMILES string of the molecule is CC(F)(F)CCC(=O)Cc1cccc(-c2cnc3cc(C(=NO)C4CC4)ccn23)c1.CCCN1CCC(CCON=Cc2ccn3c(-c4cccc(CC(=O)CCC(F)(F)F)c4)cnc3c2)CC1.COCCN1CCC(CCON=Cc2ccn3c(-c4cccc(CC(=O)CCC(F)(F)F)c4)cnc3c2)CC1. The highest BCUT2D eigenvalue weighted by Gasteiger charge is 2.31. The molecule has 1 saturated carbocycles. The second kappa shape index (κ2) is 38.3. The van der Waals surface area contributed by atoms with Gasteiger partial charge in [0.25, 0.3) is 0 Å². The van der Waals surface area contributed by atoms with Crippen molar-refractivity contribution in [2.45, 2.75) is 148 Å². The van der Waals surface area contributed by atoms with E-state index in [1.54, 1.807) is 62.4 Å². The molecule has 0 radical (unpaired) electrons. The maximum Gasteiger partial charge on any atom is 0.389 e. The molecule has 1 N–H and O–H groups in total. The number of oxime groups is 3. The molecule has 570 valence electrons. The van der Waals surface area contributed by atoms with Crippen LogP contribution in [0, 0.1) is 17.8 Å². The monoisotopic (exact) mass is 1480 g/mol. The second-order valence-electron chi connectivity index (χ2n) is 28.0. The first-order chi connectivity index (χ1) is 51.4. The standard InChI is InChI=1S/C29H35F3N4O3.C29H35F3N4O2.C23H23F2N3O2/c1-38-16-14-35-11-6-22(7-12-35)9-15-39-34-20-24-8-13-36-27(21-33-28(36)19-24)25-4-2-3-23(17-25)18-26(37)5-10-29(30,31)32;1-2-12-35-13-7-22(8-14-35)10-16-38-34-20-24-9-15-36-27(21-33-28(36)19-24)25-5-3-4-23(17-25)18-26(37)6-11-29(30,31)32;1-23(24,25)9-7-19(29)12-15-3-2-4-17(11-15)20-14-26-21-13-18(8-10-28(20)21)22(27-30)16-5-6-16/h2-4,8,13,17,19-22H,5-7,9-12,14-16,18H2,1H3;3-5,9,15,17,19-22H,2,6-8,10-14,16,18H2,1H3;2-4,8,10-11,13-14,16,30H,5-7,9,12H2,1H3. The summed E-state index contributed by atoms with van der Waals surface area (Å²) in [5, 5.41) is 21.1. The number of aromatic nitrogens is 6. The lowest BCUT2D eigenvalue weighted by Crippen LogP contribution is -2.36. The van der Waals surface area contributed by atoms with E-state index in [-0.39, 0.29) is 31.5 Å². The molecular formula is C81H93F8N11O7. The lowest BCUT2D eigenvalue weighted by atomic mass is 9.94. The Hall–Kier alpha value is -9.53. The zero-order chi connectivity index (χ0) is 75.9. The highest BCUT2D eigenvalue weighted by atomic mass is 19.4. The van der Waals surface area contributed by atoms with Crippen molar-refractivity contribution in [3.8, 4) is 33.8 Å². The molecular weight excluding hydrogens is 1390 g/mol. The van der Waals surface area contributed by atoms with E-state index in [2.05, 4.69) is 47.1 Å². The molecule has 6 aromatic heterocycles. The van der Waals surface area contributed by atoms with E-state index >= 15 is 0 Å². The average Bonchev–Trinajstić information content (AvgIpc) is 1.68. The van der Waals surface area contributed by atoms with Crippen LogP contribution in [0.1, 0.15) is 144 Å². The minimum Gasteiger partial charge on any atom is -0.411 e. The predicted molar refractivity (Wildman–Crippen MR) is 396 cm³/mol. The van der Waals surface area contributed by atoms with Crippen molar-refractivity contribution in [1.82, 2.24) is 38.0 Å². The summed E-state index contributed by atoms with van der Waals surface area (Å²) in [6.45, 7) is 11.8. The van der Waals surface area contributed by atoms with Crippen LogP contribution >= 0.6 is 0 Å². The van der Waals surface area contributed by atoms with Gasteiger partial charge in [-0.2, -0.15) is 26.3 Å². The molecule has 0 spiro atoms. The van der Waals surface area contributed by atoms with E-state index in [0.29, 0.717) is 47.8 Å². The minimum absolute atomic E-state index is 0.0285. The van der Waals surface area contributed by atoms with Gasteiger partial charge in [-0.25, -0.2) is 23.7 Å². The van der Waals surface area contributed by atoms with Crippen molar-refractivity contribution in [2.24, 2.45) is 33.2 Å². The van der Waals surface area contributed by atoms with Crippen molar-refractivity contribution in [3.63, 3.8) is 0 Å². The molecule has 3 aliphatic rings. The molecule has 1 aliphatic carbocycles. The van der Waals surface area contributed by atoms with Gasteiger partial charge in [0.2, 0.25) is 5.92 Å². The molecule has 0 unspecified atom stereocenters. The van der Waals surface area contributed by atoms with Gasteiger partial charge in [0.1, 0.15) is 47.5 Å². The minimum atomic E-state index is -4.33. The Morgan fingerprint density at radius 1 is 0.523 bits per heavy atom. The van der Waals surface area contributed by atoms with Crippen LogP contribution in [0.4, 0.5) is 35.1 Å². The number of ether oxygens (including phenoxy) is 1. The highest BCUT2D eigenvalue weighted by Crippen LogP contribution is 2.35. The number of carbonyl (C=O) groups is 3. The summed E-state index contributed by atoms with van der Waals surface area (Å²) in [5.41, 5.74) is 12.7. The normalized spacial score (nSPS) is 15.3. The zero-order valence-electron chi connectivity index (χ0n) is 60.7. The Kier molecular flexibility index (Phi) is 28.7. The number of methoxy groups -OCH3 is 1. The number of piperidine rings is 2. The maximum absolute atomic E-state index is 13.0. The van der Waals surface area contributed by atoms with E-state index in [0.717, 1.165) is 132 Å². The number of nitrogens with zero attached hydrogens (tertiary/aromatic N) is 11. The Morgan fingerprint density at radius 3 is 1.31 bits per heavy atom. The quantitative estimate of drug-likeness (QED) is 0.0135. The highest BCUT2D eigenvalue weighted by molar-refractivity contribution is 6.04. The number of hydrogen-bond donors (Lipinski definition) is 1. The molecule has 18 nitrogen and oxygen atoms in total. The number of pyridine rings is 3. The van der Waals surface area contributed by atoms with Gasteiger partial charge < -0.3 is 29.4 Å². The number of Topliss-reactive ketones (excluding diaryl/α,β-unsaturated/α-hetero) is 3. The first-order valence-corrected chi connectivity index (χ1v) is 36.7. The molecule has 0 atom stereocenters. The fourth-order valence-electron chi connectivity index (χ4n) is 13.3. The molecule has 3 aromatic carbocycles. The topological polar surface area (TPSA) is 195 Å². The van der Waals surface area contributed by atoms with Gasteiger partial charge in [0.15, 0.2) is 0 Å². The Morgan fingerprint density at radius 2 is 0.925 bits per heavy atom. The van der Waals surface area contributed by atoms with E-state index in [9.17, 15) is 54.7 Å². The van der Waals surface area contributed by atoms with Crippen molar-refractivity contribution in [1.29, 1.82) is 0 Å². The van der Waals surface area contributed by atoms with Crippen LogP contribution in [0.3, 0.4) is 0 Å². The van der Waals surface area contributed by atoms with Gasteiger partial charge >= 0.3 is 12.4 Å². The first-order valence-electron chi connectivity index (χ1n) is 36.7. The Bertz CT molecular complexity index is 4480. The van der Waals surface area contributed by atoms with Gasteiger partial charge in [-0.3, -0.25) is 27.6 Å². The number of carbonyl (C=O) groups excluding carboxylic acids is 3. The third-order valence-electron chi connectivity index (χ3n) is 19.4. The molecule has 2 saturated heterocycles. The van der Waals surface area contributed by atoms with Crippen LogP contribution < -0.4 is 0 Å². The zero-order valence-corrected chi connectivity index (χ0v) is 60.7. The number of fused-ring (bicyclic) bond motifs is 3. The summed E-state index contributed by atoms with van der Waals surface area (Å²) in [6.07, 6.45) is 12.0. The first kappa shape index (κ1) is 80.0. The second-order valence-corrected chi connectivity index (χ2v) is 28.0. The molecule has 0 bridgehead atoms. The van der Waals surface area contributed by atoms with Gasteiger partial charge in [-0.15, -0.1) is 0 Å². The van der Waals surface area contributed by atoms with Crippen molar-refractivity contribution >= 4 is 52.4 Å². The Balaban J connectivity index is 0.000000173. The van der Waals surface area contributed by atoms with E-state index in [4.69, 9.17) is 14.4 Å². The van der Waals surface area contributed by atoms with Crippen LogP contribution in [0.15, 0.2) is 162 Å². The third-order valence-corrected chi connectivity index (χ3v) is 19.4. The van der Waals surface area contributed by atoms with E-state index in [1.807, 2.05) is 117 Å². The molecule has 9 aromatic rings. The van der Waals surface area contributed by atoms with Crippen LogP contribution in [-0.2, 0) is 48.1 Å². The van der Waals surface area contributed by atoms with Crippen LogP contribution in [-0.4, -0.2) is 163 Å². The third kappa shape index (κ3) is 25.3. The molecule has 8 heterocycles. The number of rotatable bonds is 33. The maximum atomic E-state index is 13.0. The number of likely N-dealkylation sites (tertiary alicyclic amines) is 2. The molecule has 2 aliphatic heterocycles. The summed E-state index contributed by atoms with van der Waals surface area (Å²) < 4.78 is 111. The number of imidazole rings is 3. The number of benzene rings is 3. The summed E-state index contributed by atoms with van der Waals surface area (Å²) in [5.74, 6) is -2.21. The molecule has 3 fully saturated rings. The summed E-state index contributed by atoms with van der Waals surface area (Å²) in [6, 6.07) is 33.5. The van der Waals surface area contributed by atoms with Crippen LogP contribution in [0.25, 0.3) is 50.7 Å². The molecule has 107 heavy (non-hydrogen) atoms. The molecule has 12 rings (SSSR count). The van der Waals surface area contributed by atoms with E-state index < -0.39 is 61.9 Å². The number of halogens is 8. The number of alkyl halides is 8. The van der Waals surface area contributed by atoms with Crippen molar-refractivity contribution < 1.29 is 69.1 Å². The van der Waals surface area contributed by atoms with Gasteiger partial charge in [-0.1, -0.05) is 77.0 Å². The summed E-state index contributed by atoms with van der Waals surface area (Å²) >= 11 is 0. The largest absolute Gasteiger partial charge is 0.411 e. The summed E-state index contributed by atoms with van der Waals surface area (Å²) in [7, 11) is 1.74. The molecule has 26 heteroatoms. The van der Waals surface area contributed by atoms with E-state index in [1.165, 1.54) is 51.7 Å². The molecule has 0 amide bonds. The average molecular weight is 1480 g/mol. The van der Waals surface area contributed by atoms with Crippen molar-refractivity contribution in [2.75, 3.05) is 66.2 Å². The lowest BCUT2D eigenvalue weighted by molar-refractivity contribution is -0.143. The van der Waals surface area contributed by atoms with Gasteiger partial charge in [0, 0.05) is 116 Å². The van der Waals surface area contributed by atoms with Crippen molar-refractivity contribution in [3.05, 3.63) is 180 Å². The fraction of sp³-hybridized carbons (Fsp3) is 0.444. The van der Waals surface area contributed by atoms with Crippen LogP contribution in [0.5, 0.6) is 0 Å². The van der Waals surface area contributed by atoms with Crippen LogP contribution in [0.2, 0.25) is 0 Å². The summed E-state index contributed by atoms with van der Waals surface area (Å²) in [4.78, 5) is 65.6. The lowest BCUT2D eigenvalue weighted by Gasteiger charge is -2.31. The smallest absolute Gasteiger partial charge is 0.389 e. The van der Waals surface area contributed by atoms with Gasteiger partial charge in [0.05, 0.1) is 73.3 Å². The Labute approximate surface area is 617 Å². The number of hydrogen-bond acceptors (Lipinski definition) is 15. The predicted octanol–water partition coefficient (Wildman–Crippen LogP) is 17.0. The fourth-order valence-corrected chi connectivity index (χ4v) is 13.3.